The molecule has 104 valence electrons. The van der Waals surface area contributed by atoms with Crippen molar-refractivity contribution >= 4 is 21.8 Å². The summed E-state index contributed by atoms with van der Waals surface area (Å²) in [6.07, 6.45) is 5.66. The average Bonchev–Trinajstić information content (AvgIpc) is 2.55. The van der Waals surface area contributed by atoms with Crippen LogP contribution in [0.15, 0.2) is 18.2 Å². The first-order chi connectivity index (χ1) is 9.08. The van der Waals surface area contributed by atoms with E-state index in [4.69, 9.17) is 0 Å². The molecule has 3 nitrogen and oxygen atoms in total. The van der Waals surface area contributed by atoms with Crippen LogP contribution in [0.3, 0.4) is 0 Å². The van der Waals surface area contributed by atoms with E-state index in [1.807, 2.05) is 13.0 Å². The third kappa shape index (κ3) is 3.72. The quantitative estimate of drug-likeness (QED) is 0.645. The lowest BCUT2D eigenvalue weighted by Gasteiger charge is -2.21. The Morgan fingerprint density at radius 2 is 2.05 bits per heavy atom. The van der Waals surface area contributed by atoms with Gasteiger partial charge in [-0.15, -0.1) is 0 Å². The molecule has 0 heterocycles. The molecule has 2 N–H and O–H groups in total. The largest absolute Gasteiger partial charge is 0.507 e. The number of amides is 1. The summed E-state index contributed by atoms with van der Waals surface area (Å²) in [5.41, 5.74) is 1.30. The second-order valence-corrected chi connectivity index (χ2v) is 6.43. The summed E-state index contributed by atoms with van der Waals surface area (Å²) < 4.78 is 0. The summed E-state index contributed by atoms with van der Waals surface area (Å²) >= 11 is 3.66. The van der Waals surface area contributed by atoms with Crippen molar-refractivity contribution < 1.29 is 9.90 Å². The van der Waals surface area contributed by atoms with Gasteiger partial charge in [-0.05, 0) is 37.5 Å². The van der Waals surface area contributed by atoms with Crippen LogP contribution in [0, 0.1) is 6.92 Å². The minimum atomic E-state index is -0.186. The Balaban J connectivity index is 2.07. The highest BCUT2D eigenvalue weighted by Crippen LogP contribution is 2.25. The molecule has 2 unspecified atom stereocenters. The van der Waals surface area contributed by atoms with Crippen molar-refractivity contribution in [3.05, 3.63) is 29.3 Å². The highest BCUT2D eigenvalue weighted by molar-refractivity contribution is 9.09. The lowest BCUT2D eigenvalue weighted by atomic mass is 10.1. The zero-order valence-corrected chi connectivity index (χ0v) is 12.7. The zero-order chi connectivity index (χ0) is 13.8. The number of benzene rings is 1. The molecular formula is C15H20BrNO2. The maximum atomic E-state index is 12.2. The maximum Gasteiger partial charge on any atom is 0.255 e. The first kappa shape index (κ1) is 14.4. The summed E-state index contributed by atoms with van der Waals surface area (Å²) in [6.45, 7) is 1.89. The third-order valence-corrected chi connectivity index (χ3v) is 4.74. The number of alkyl halides is 1. The Labute approximate surface area is 122 Å². The van der Waals surface area contributed by atoms with Crippen molar-refractivity contribution in [3.63, 3.8) is 0 Å². The molecule has 1 aliphatic carbocycles. The van der Waals surface area contributed by atoms with Gasteiger partial charge in [0, 0.05) is 10.9 Å². The number of halogens is 1. The van der Waals surface area contributed by atoms with Crippen LogP contribution >= 0.6 is 15.9 Å². The Morgan fingerprint density at radius 3 is 2.79 bits per heavy atom. The fourth-order valence-corrected chi connectivity index (χ4v) is 3.23. The molecule has 1 amide bonds. The predicted molar refractivity (Wildman–Crippen MR) is 79.9 cm³/mol. The van der Waals surface area contributed by atoms with E-state index in [2.05, 4.69) is 21.2 Å². The highest BCUT2D eigenvalue weighted by Gasteiger charge is 2.24. The van der Waals surface area contributed by atoms with Gasteiger partial charge in [0.2, 0.25) is 0 Å². The maximum absolute atomic E-state index is 12.2. The topological polar surface area (TPSA) is 49.3 Å². The van der Waals surface area contributed by atoms with E-state index in [1.165, 1.54) is 12.8 Å². The summed E-state index contributed by atoms with van der Waals surface area (Å²) in [6, 6.07) is 5.29. The number of carbonyl (C=O) groups is 1. The molecule has 1 aliphatic rings. The smallest absolute Gasteiger partial charge is 0.255 e. The monoisotopic (exact) mass is 325 g/mol. The van der Waals surface area contributed by atoms with Crippen LogP contribution in [0.25, 0.3) is 0 Å². The second kappa shape index (κ2) is 6.42. The molecule has 4 heteroatoms. The molecule has 0 spiro atoms. The normalized spacial score (nSPS) is 23.7. The number of phenols is 1. The Bertz CT molecular complexity index is 461. The van der Waals surface area contributed by atoms with Gasteiger partial charge in [-0.1, -0.05) is 41.3 Å². The fraction of sp³-hybridized carbons (Fsp3) is 0.533. The second-order valence-electron chi connectivity index (χ2n) is 5.25. The van der Waals surface area contributed by atoms with Gasteiger partial charge in [-0.25, -0.2) is 0 Å². The molecule has 0 saturated heterocycles. The Morgan fingerprint density at radius 1 is 1.32 bits per heavy atom. The van der Waals surface area contributed by atoms with E-state index in [0.29, 0.717) is 10.4 Å². The molecule has 2 rings (SSSR count). The molecule has 2 atom stereocenters. The molecule has 0 aromatic heterocycles. The van der Waals surface area contributed by atoms with Crippen molar-refractivity contribution in [1.29, 1.82) is 0 Å². The highest BCUT2D eigenvalue weighted by atomic mass is 79.9. The lowest BCUT2D eigenvalue weighted by Crippen LogP contribution is -2.40. The molecule has 19 heavy (non-hydrogen) atoms. The van der Waals surface area contributed by atoms with Crippen LogP contribution < -0.4 is 5.32 Å². The van der Waals surface area contributed by atoms with Crippen LogP contribution in [-0.4, -0.2) is 21.9 Å². The summed E-state index contributed by atoms with van der Waals surface area (Å²) in [5, 5.41) is 12.9. The number of hydrogen-bond donors (Lipinski definition) is 2. The number of rotatable bonds is 2. The molecule has 1 aromatic carbocycles. The van der Waals surface area contributed by atoms with Crippen LogP contribution in [-0.2, 0) is 0 Å². The predicted octanol–water partition coefficient (Wildman–Crippen LogP) is 3.53. The van der Waals surface area contributed by atoms with Gasteiger partial charge in [-0.3, -0.25) is 4.79 Å². The number of carbonyl (C=O) groups excluding carboxylic acids is 1. The average molecular weight is 326 g/mol. The van der Waals surface area contributed by atoms with Gasteiger partial charge >= 0.3 is 0 Å². The van der Waals surface area contributed by atoms with Crippen molar-refractivity contribution in [2.75, 3.05) is 0 Å². The number of aromatic hydroxyl groups is 1. The molecule has 0 aliphatic heterocycles. The lowest BCUT2D eigenvalue weighted by molar-refractivity contribution is 0.0932. The van der Waals surface area contributed by atoms with Crippen LogP contribution in [0.2, 0.25) is 0 Å². The summed E-state index contributed by atoms with van der Waals surface area (Å²) in [5.74, 6) is -0.133. The van der Waals surface area contributed by atoms with E-state index in [-0.39, 0.29) is 17.7 Å². The summed E-state index contributed by atoms with van der Waals surface area (Å²) in [7, 11) is 0. The Hall–Kier alpha value is -1.03. The van der Waals surface area contributed by atoms with Gasteiger partial charge < -0.3 is 10.4 Å². The molecule has 0 radical (unpaired) electrons. The van der Waals surface area contributed by atoms with Gasteiger partial charge in [0.25, 0.3) is 5.91 Å². The molecule has 1 aromatic rings. The summed E-state index contributed by atoms with van der Waals surface area (Å²) in [4.78, 5) is 12.5. The third-order valence-electron chi connectivity index (χ3n) is 3.65. The number of phenolic OH excluding ortho intramolecular Hbond substituents is 1. The Kier molecular flexibility index (Phi) is 4.86. The van der Waals surface area contributed by atoms with Crippen molar-refractivity contribution in [3.8, 4) is 5.75 Å². The standard InChI is InChI=1S/C15H20BrNO2/c1-10-7-8-11(14(18)9-10)15(19)17-13-6-4-2-3-5-12(13)16/h7-9,12-13,18H,2-6H2,1H3,(H,17,19). The number of hydrogen-bond acceptors (Lipinski definition) is 2. The van der Waals surface area contributed by atoms with E-state index < -0.39 is 0 Å². The van der Waals surface area contributed by atoms with E-state index in [9.17, 15) is 9.90 Å². The zero-order valence-electron chi connectivity index (χ0n) is 11.2. The van der Waals surface area contributed by atoms with Gasteiger partial charge in [0.15, 0.2) is 0 Å². The van der Waals surface area contributed by atoms with Crippen molar-refractivity contribution in [2.45, 2.75) is 49.9 Å². The SMILES string of the molecule is Cc1ccc(C(=O)NC2CCCCCC2Br)c(O)c1. The van der Waals surface area contributed by atoms with Crippen molar-refractivity contribution in [2.24, 2.45) is 0 Å². The van der Waals surface area contributed by atoms with Gasteiger partial charge in [-0.2, -0.15) is 0 Å². The minimum Gasteiger partial charge on any atom is -0.507 e. The van der Waals surface area contributed by atoms with Crippen LogP contribution in [0.4, 0.5) is 0 Å². The molecule has 1 saturated carbocycles. The number of nitrogens with one attached hydrogen (secondary N) is 1. The van der Waals surface area contributed by atoms with Gasteiger partial charge in [0.05, 0.1) is 5.56 Å². The first-order valence-corrected chi connectivity index (χ1v) is 7.74. The van der Waals surface area contributed by atoms with E-state index in [0.717, 1.165) is 24.8 Å². The van der Waals surface area contributed by atoms with E-state index in [1.54, 1.807) is 12.1 Å². The van der Waals surface area contributed by atoms with E-state index >= 15 is 0 Å². The molecular weight excluding hydrogens is 306 g/mol. The van der Waals surface area contributed by atoms with Crippen LogP contribution in [0.5, 0.6) is 5.75 Å². The molecule has 1 fully saturated rings. The van der Waals surface area contributed by atoms with Gasteiger partial charge in [0.1, 0.15) is 5.75 Å². The first-order valence-electron chi connectivity index (χ1n) is 6.82. The fourth-order valence-electron chi connectivity index (χ4n) is 2.50. The van der Waals surface area contributed by atoms with Crippen LogP contribution in [0.1, 0.15) is 48.0 Å². The molecule has 0 bridgehead atoms. The number of aryl methyl sites for hydroxylation is 1. The minimum absolute atomic E-state index is 0.0530. The van der Waals surface area contributed by atoms with Crippen molar-refractivity contribution in [1.82, 2.24) is 5.32 Å².